The number of nitrogens with one attached hydrogen (secondary N) is 1. The number of allylic oxidation sites excluding steroid dienone is 3. The Bertz CT molecular complexity index is 1040. The standard InChI is InChI=1S/C21H20F2N4S/c22-17-5-13(6-18(23)9-17)7-19(24)11-26-21-27-12-20(28-21)15-1-2-16-10-25-4-3-14(16)8-15/h1-6,8,10,12,17,19H,7,9,11,24H2,(H,26,27)/t17-,19-/m0/s1. The average Bonchev–Trinajstić information content (AvgIpc) is 3.14. The summed E-state index contributed by atoms with van der Waals surface area (Å²) < 4.78 is 26.8. The lowest BCUT2D eigenvalue weighted by molar-refractivity contribution is 0.365. The first-order valence-corrected chi connectivity index (χ1v) is 9.89. The predicted molar refractivity (Wildman–Crippen MR) is 111 cm³/mol. The summed E-state index contributed by atoms with van der Waals surface area (Å²) >= 11 is 1.54. The van der Waals surface area contributed by atoms with Gasteiger partial charge >= 0.3 is 0 Å². The van der Waals surface area contributed by atoms with E-state index >= 15 is 0 Å². The molecule has 144 valence electrons. The molecular formula is C21H20F2N4S. The molecule has 0 amide bonds. The van der Waals surface area contributed by atoms with Gasteiger partial charge in [-0.2, -0.15) is 0 Å². The SMILES string of the molecule is N[C@H](CNc1ncc(-c2ccc3cnccc3c2)s1)CC1=C[C@H](F)CC(F)=C1. The van der Waals surface area contributed by atoms with Crippen LogP contribution in [0.15, 0.2) is 66.4 Å². The maximum atomic E-state index is 13.4. The van der Waals surface area contributed by atoms with Crippen LogP contribution in [0.3, 0.4) is 0 Å². The molecule has 3 aromatic rings. The first-order valence-electron chi connectivity index (χ1n) is 9.07. The molecule has 0 saturated carbocycles. The number of nitrogens with zero attached hydrogens (tertiary/aromatic N) is 2. The molecule has 2 aromatic heterocycles. The van der Waals surface area contributed by atoms with E-state index in [1.54, 1.807) is 17.5 Å². The molecule has 0 saturated heterocycles. The smallest absolute Gasteiger partial charge is 0.183 e. The zero-order valence-electron chi connectivity index (χ0n) is 15.1. The Kier molecular flexibility index (Phi) is 5.45. The molecule has 2 atom stereocenters. The van der Waals surface area contributed by atoms with Crippen molar-refractivity contribution < 1.29 is 8.78 Å². The summed E-state index contributed by atoms with van der Waals surface area (Å²) in [7, 11) is 0. The number of pyridine rings is 1. The maximum absolute atomic E-state index is 13.4. The van der Waals surface area contributed by atoms with Gasteiger partial charge in [-0.05, 0) is 47.2 Å². The number of thiazole rings is 1. The molecule has 7 heteroatoms. The van der Waals surface area contributed by atoms with Crippen LogP contribution in [-0.2, 0) is 0 Å². The third-order valence-electron chi connectivity index (χ3n) is 4.57. The van der Waals surface area contributed by atoms with Crippen molar-refractivity contribution in [3.8, 4) is 10.4 Å². The molecule has 0 aliphatic heterocycles. The maximum Gasteiger partial charge on any atom is 0.183 e. The predicted octanol–water partition coefficient (Wildman–Crippen LogP) is 5.01. The third-order valence-corrected chi connectivity index (χ3v) is 5.58. The van der Waals surface area contributed by atoms with E-state index in [0.29, 0.717) is 18.5 Å². The van der Waals surface area contributed by atoms with Crippen LogP contribution in [0.25, 0.3) is 21.2 Å². The second-order valence-electron chi connectivity index (χ2n) is 6.87. The Labute approximate surface area is 165 Å². The van der Waals surface area contributed by atoms with Crippen molar-refractivity contribution in [3.05, 3.63) is 66.4 Å². The number of hydrogen-bond acceptors (Lipinski definition) is 5. The third kappa shape index (κ3) is 4.43. The number of aromatic nitrogens is 2. The van der Waals surface area contributed by atoms with Crippen LogP contribution in [-0.4, -0.2) is 28.7 Å². The lowest BCUT2D eigenvalue weighted by atomic mass is 9.99. The highest BCUT2D eigenvalue weighted by molar-refractivity contribution is 7.18. The van der Waals surface area contributed by atoms with Gasteiger partial charge in [0.1, 0.15) is 12.0 Å². The van der Waals surface area contributed by atoms with Gasteiger partial charge in [-0.3, -0.25) is 4.98 Å². The molecule has 1 aromatic carbocycles. The summed E-state index contributed by atoms with van der Waals surface area (Å²) in [6.07, 6.45) is 7.25. The Morgan fingerprint density at radius 1 is 1.25 bits per heavy atom. The van der Waals surface area contributed by atoms with Crippen molar-refractivity contribution >= 4 is 27.2 Å². The fraction of sp³-hybridized carbons (Fsp3) is 0.238. The summed E-state index contributed by atoms with van der Waals surface area (Å²) in [5.74, 6) is -0.430. The number of benzene rings is 1. The molecule has 3 N–H and O–H groups in total. The van der Waals surface area contributed by atoms with Crippen molar-refractivity contribution in [2.24, 2.45) is 5.73 Å². The van der Waals surface area contributed by atoms with Crippen LogP contribution in [0.2, 0.25) is 0 Å². The van der Waals surface area contributed by atoms with E-state index in [1.807, 2.05) is 24.5 Å². The normalized spacial score (nSPS) is 17.9. The summed E-state index contributed by atoms with van der Waals surface area (Å²) in [5.41, 5.74) is 7.82. The largest absolute Gasteiger partial charge is 0.360 e. The Morgan fingerprint density at radius 3 is 3.00 bits per heavy atom. The van der Waals surface area contributed by atoms with Gasteiger partial charge in [0.25, 0.3) is 0 Å². The molecule has 0 bridgehead atoms. The number of halogens is 2. The average molecular weight is 398 g/mol. The summed E-state index contributed by atoms with van der Waals surface area (Å²) in [6.45, 7) is 0.472. The van der Waals surface area contributed by atoms with Gasteiger partial charge in [-0.25, -0.2) is 13.8 Å². The minimum absolute atomic E-state index is 0.176. The van der Waals surface area contributed by atoms with Gasteiger partial charge in [-0.15, -0.1) is 0 Å². The molecule has 0 unspecified atom stereocenters. The fourth-order valence-electron chi connectivity index (χ4n) is 3.23. The summed E-state index contributed by atoms with van der Waals surface area (Å²) in [4.78, 5) is 9.59. The highest BCUT2D eigenvalue weighted by atomic mass is 32.1. The lowest BCUT2D eigenvalue weighted by Gasteiger charge is -2.16. The van der Waals surface area contributed by atoms with Gasteiger partial charge < -0.3 is 11.1 Å². The number of anilines is 1. The highest BCUT2D eigenvalue weighted by Crippen LogP contribution is 2.31. The van der Waals surface area contributed by atoms with Crippen LogP contribution in [0.4, 0.5) is 13.9 Å². The monoisotopic (exact) mass is 398 g/mol. The van der Waals surface area contributed by atoms with E-state index in [9.17, 15) is 8.78 Å². The topological polar surface area (TPSA) is 63.8 Å². The number of rotatable bonds is 6. The zero-order chi connectivity index (χ0) is 19.5. The van der Waals surface area contributed by atoms with Gasteiger partial charge in [-0.1, -0.05) is 23.5 Å². The van der Waals surface area contributed by atoms with Gasteiger partial charge in [0.05, 0.1) is 4.88 Å². The molecule has 0 fully saturated rings. The quantitative estimate of drug-likeness (QED) is 0.613. The van der Waals surface area contributed by atoms with Crippen molar-refractivity contribution in [1.82, 2.24) is 9.97 Å². The van der Waals surface area contributed by atoms with Gasteiger partial charge in [0.2, 0.25) is 0 Å². The minimum Gasteiger partial charge on any atom is -0.360 e. The van der Waals surface area contributed by atoms with Gasteiger partial charge in [0.15, 0.2) is 5.13 Å². The molecule has 28 heavy (non-hydrogen) atoms. The van der Waals surface area contributed by atoms with Crippen molar-refractivity contribution in [3.63, 3.8) is 0 Å². The van der Waals surface area contributed by atoms with E-state index in [1.165, 1.54) is 12.2 Å². The lowest BCUT2D eigenvalue weighted by Crippen LogP contribution is -2.29. The molecule has 4 nitrogen and oxygen atoms in total. The second kappa shape index (κ2) is 8.16. The molecule has 4 rings (SSSR count). The van der Waals surface area contributed by atoms with Crippen molar-refractivity contribution in [2.45, 2.75) is 25.1 Å². The molecule has 0 radical (unpaired) electrons. The van der Waals surface area contributed by atoms with Crippen LogP contribution < -0.4 is 11.1 Å². The van der Waals surface area contributed by atoms with E-state index in [0.717, 1.165) is 26.3 Å². The van der Waals surface area contributed by atoms with E-state index in [2.05, 4.69) is 27.4 Å². The summed E-state index contributed by atoms with van der Waals surface area (Å²) in [6, 6.07) is 7.93. The van der Waals surface area contributed by atoms with Crippen LogP contribution in [0.1, 0.15) is 12.8 Å². The number of nitrogens with two attached hydrogens (primary N) is 1. The molecule has 2 heterocycles. The van der Waals surface area contributed by atoms with Crippen LogP contribution in [0.5, 0.6) is 0 Å². The van der Waals surface area contributed by atoms with E-state index in [-0.39, 0.29) is 12.5 Å². The molecule has 0 spiro atoms. The van der Waals surface area contributed by atoms with Crippen LogP contribution >= 0.6 is 11.3 Å². The minimum atomic E-state index is -1.26. The Hall–Kier alpha value is -2.64. The first-order chi connectivity index (χ1) is 13.6. The molecular weight excluding hydrogens is 378 g/mol. The van der Waals surface area contributed by atoms with E-state index < -0.39 is 12.0 Å². The fourth-order valence-corrected chi connectivity index (χ4v) is 4.05. The Morgan fingerprint density at radius 2 is 2.14 bits per heavy atom. The number of alkyl halides is 1. The number of fused-ring (bicyclic) bond motifs is 1. The number of hydrogen-bond donors (Lipinski definition) is 2. The first kappa shape index (κ1) is 18.7. The summed E-state index contributed by atoms with van der Waals surface area (Å²) in [5, 5.41) is 6.21. The van der Waals surface area contributed by atoms with E-state index in [4.69, 9.17) is 5.73 Å². The molecule has 1 aliphatic rings. The van der Waals surface area contributed by atoms with Crippen molar-refractivity contribution in [2.75, 3.05) is 11.9 Å². The second-order valence-corrected chi connectivity index (χ2v) is 7.90. The van der Waals surface area contributed by atoms with Gasteiger partial charge in [0, 0.05) is 43.0 Å². The van der Waals surface area contributed by atoms with Crippen LogP contribution in [0, 0.1) is 0 Å². The van der Waals surface area contributed by atoms with Crippen molar-refractivity contribution in [1.29, 1.82) is 0 Å². The molecule has 1 aliphatic carbocycles. The highest BCUT2D eigenvalue weighted by Gasteiger charge is 2.16. The Balaban J connectivity index is 1.38. The zero-order valence-corrected chi connectivity index (χ0v) is 15.9.